The van der Waals surface area contributed by atoms with Gasteiger partial charge in [0, 0.05) is 0 Å². The van der Waals surface area contributed by atoms with E-state index in [0.29, 0.717) is 11.5 Å². The maximum Gasteiger partial charge on any atom is 0.343 e. The Morgan fingerprint density at radius 1 is 0.826 bits per heavy atom. The van der Waals surface area contributed by atoms with Gasteiger partial charge in [-0.1, -0.05) is 18.9 Å². The molecule has 2 fully saturated rings. The van der Waals surface area contributed by atoms with Crippen molar-refractivity contribution in [3.05, 3.63) is 23.8 Å². The van der Waals surface area contributed by atoms with Gasteiger partial charge in [-0.3, -0.25) is 0 Å². The molecule has 0 aliphatic heterocycles. The van der Waals surface area contributed by atoms with Gasteiger partial charge in [0.05, 0.1) is 12.2 Å². The van der Waals surface area contributed by atoms with Crippen molar-refractivity contribution in [2.24, 2.45) is 0 Å². The van der Waals surface area contributed by atoms with Crippen molar-refractivity contribution in [2.75, 3.05) is 0 Å². The largest absolute Gasteiger partial charge is 0.489 e. The summed E-state index contributed by atoms with van der Waals surface area (Å²) in [6.45, 7) is 0. The Balaban J connectivity index is 1.78. The van der Waals surface area contributed by atoms with E-state index in [-0.39, 0.29) is 17.8 Å². The third-order valence-electron chi connectivity index (χ3n) is 4.89. The number of benzene rings is 1. The van der Waals surface area contributed by atoms with Crippen molar-refractivity contribution in [3.63, 3.8) is 0 Å². The van der Waals surface area contributed by atoms with Crippen molar-refractivity contribution < 1.29 is 19.4 Å². The van der Waals surface area contributed by atoms with Crippen LogP contribution in [0.1, 0.15) is 74.6 Å². The predicted octanol–water partition coefficient (Wildman–Crippen LogP) is 4.81. The van der Waals surface area contributed by atoms with Crippen LogP contribution in [0.2, 0.25) is 0 Å². The van der Waals surface area contributed by atoms with Gasteiger partial charge in [-0.25, -0.2) is 4.79 Å². The first kappa shape index (κ1) is 16.2. The van der Waals surface area contributed by atoms with Gasteiger partial charge >= 0.3 is 5.97 Å². The third kappa shape index (κ3) is 4.18. The summed E-state index contributed by atoms with van der Waals surface area (Å²) in [6.07, 6.45) is 11.4. The number of hydrogen-bond acceptors (Lipinski definition) is 3. The van der Waals surface area contributed by atoms with Crippen molar-refractivity contribution in [1.82, 2.24) is 0 Å². The average molecular weight is 318 g/mol. The molecular weight excluding hydrogens is 292 g/mol. The maximum atomic E-state index is 11.8. The Labute approximate surface area is 137 Å². The molecule has 1 aromatic rings. The van der Waals surface area contributed by atoms with Crippen molar-refractivity contribution in [1.29, 1.82) is 0 Å². The first-order chi connectivity index (χ1) is 11.2. The third-order valence-corrected chi connectivity index (χ3v) is 4.89. The Morgan fingerprint density at radius 3 is 1.65 bits per heavy atom. The smallest absolute Gasteiger partial charge is 0.343 e. The quantitative estimate of drug-likeness (QED) is 0.846. The lowest BCUT2D eigenvalue weighted by Crippen LogP contribution is -2.23. The van der Waals surface area contributed by atoms with E-state index in [2.05, 4.69) is 0 Å². The molecule has 0 unspecified atom stereocenters. The molecular formula is C19H26O4. The minimum absolute atomic E-state index is 0.131. The van der Waals surface area contributed by atoms with E-state index in [1.165, 1.54) is 12.8 Å². The van der Waals surface area contributed by atoms with E-state index >= 15 is 0 Å². The lowest BCUT2D eigenvalue weighted by atomic mass is 9.97. The highest BCUT2D eigenvalue weighted by atomic mass is 16.5. The molecule has 3 rings (SSSR count). The number of carboxylic acid groups (broad SMARTS) is 1. The summed E-state index contributed by atoms with van der Waals surface area (Å²) in [5.74, 6) is -0.0577. The summed E-state index contributed by atoms with van der Waals surface area (Å²) in [5.41, 5.74) is 0.184. The lowest BCUT2D eigenvalue weighted by Gasteiger charge is -2.26. The molecule has 126 valence electrons. The van der Waals surface area contributed by atoms with Crippen LogP contribution in [0.3, 0.4) is 0 Å². The van der Waals surface area contributed by atoms with Crippen LogP contribution in [0.4, 0.5) is 0 Å². The molecule has 4 nitrogen and oxygen atoms in total. The Kier molecular flexibility index (Phi) is 5.42. The van der Waals surface area contributed by atoms with Crippen LogP contribution >= 0.6 is 0 Å². The van der Waals surface area contributed by atoms with Gasteiger partial charge in [0.1, 0.15) is 17.1 Å². The molecule has 0 amide bonds. The van der Waals surface area contributed by atoms with E-state index < -0.39 is 5.97 Å². The highest BCUT2D eigenvalue weighted by Crippen LogP contribution is 2.34. The molecule has 0 radical (unpaired) electrons. The fourth-order valence-corrected chi connectivity index (χ4v) is 3.64. The molecule has 0 aromatic heterocycles. The van der Waals surface area contributed by atoms with Crippen molar-refractivity contribution in [2.45, 2.75) is 76.4 Å². The molecule has 0 spiro atoms. The predicted molar refractivity (Wildman–Crippen MR) is 88.4 cm³/mol. The fourth-order valence-electron chi connectivity index (χ4n) is 3.64. The molecule has 0 bridgehead atoms. The van der Waals surface area contributed by atoms with Crippen LogP contribution in [-0.4, -0.2) is 23.3 Å². The standard InChI is InChI=1S/C19H26O4/c20-19(21)18-16(22-14-8-3-1-4-9-14)12-7-13-17(18)23-15-10-5-2-6-11-15/h7,12-15H,1-6,8-11H2,(H,20,21). The second-order valence-electron chi connectivity index (χ2n) is 6.69. The van der Waals surface area contributed by atoms with Crippen LogP contribution in [-0.2, 0) is 0 Å². The molecule has 1 N–H and O–H groups in total. The number of carbonyl (C=O) groups is 1. The Hall–Kier alpha value is -1.71. The van der Waals surface area contributed by atoms with E-state index in [4.69, 9.17) is 9.47 Å². The van der Waals surface area contributed by atoms with Gasteiger partial charge in [-0.2, -0.15) is 0 Å². The summed E-state index contributed by atoms with van der Waals surface area (Å²) >= 11 is 0. The molecule has 23 heavy (non-hydrogen) atoms. The second kappa shape index (κ2) is 7.71. The minimum Gasteiger partial charge on any atom is -0.489 e. The van der Waals surface area contributed by atoms with E-state index in [0.717, 1.165) is 51.4 Å². The van der Waals surface area contributed by atoms with Gasteiger partial charge in [0.25, 0.3) is 0 Å². The van der Waals surface area contributed by atoms with Crippen LogP contribution in [0.15, 0.2) is 18.2 Å². The SMILES string of the molecule is O=C(O)c1c(OC2CCCCC2)cccc1OC1CCCCC1. The van der Waals surface area contributed by atoms with E-state index in [1.807, 2.05) is 6.07 Å². The molecule has 4 heteroatoms. The molecule has 2 aliphatic carbocycles. The average Bonchev–Trinajstić information content (AvgIpc) is 2.56. The Bertz CT molecular complexity index is 490. The summed E-state index contributed by atoms with van der Waals surface area (Å²) in [5, 5.41) is 9.65. The zero-order chi connectivity index (χ0) is 16.1. The number of rotatable bonds is 5. The number of aromatic carboxylic acids is 1. The normalized spacial score (nSPS) is 20.2. The highest BCUT2D eigenvalue weighted by Gasteiger charge is 2.24. The first-order valence-corrected chi connectivity index (χ1v) is 8.93. The van der Waals surface area contributed by atoms with Gasteiger partial charge in [0.15, 0.2) is 0 Å². The second-order valence-corrected chi connectivity index (χ2v) is 6.69. The summed E-state index contributed by atoms with van der Waals surface area (Å²) in [4.78, 5) is 11.8. The summed E-state index contributed by atoms with van der Waals surface area (Å²) in [7, 11) is 0. The topological polar surface area (TPSA) is 55.8 Å². The van der Waals surface area contributed by atoms with Crippen LogP contribution in [0, 0.1) is 0 Å². The molecule has 1 aromatic carbocycles. The van der Waals surface area contributed by atoms with Crippen LogP contribution in [0.5, 0.6) is 11.5 Å². The minimum atomic E-state index is -0.970. The Morgan fingerprint density at radius 2 is 1.26 bits per heavy atom. The fraction of sp³-hybridized carbons (Fsp3) is 0.632. The van der Waals surface area contributed by atoms with Gasteiger partial charge in [-0.05, 0) is 63.5 Å². The molecule has 2 saturated carbocycles. The zero-order valence-electron chi connectivity index (χ0n) is 13.6. The van der Waals surface area contributed by atoms with Crippen LogP contribution < -0.4 is 9.47 Å². The molecule has 0 atom stereocenters. The molecule has 0 heterocycles. The van der Waals surface area contributed by atoms with Gasteiger partial charge < -0.3 is 14.6 Å². The maximum absolute atomic E-state index is 11.8. The monoisotopic (exact) mass is 318 g/mol. The number of carboxylic acids is 1. The van der Waals surface area contributed by atoms with E-state index in [1.54, 1.807) is 12.1 Å². The molecule has 0 saturated heterocycles. The van der Waals surface area contributed by atoms with Crippen molar-refractivity contribution in [3.8, 4) is 11.5 Å². The lowest BCUT2D eigenvalue weighted by molar-refractivity contribution is 0.0673. The number of hydrogen-bond donors (Lipinski definition) is 1. The van der Waals surface area contributed by atoms with Gasteiger partial charge in [-0.15, -0.1) is 0 Å². The van der Waals surface area contributed by atoms with E-state index in [9.17, 15) is 9.90 Å². The van der Waals surface area contributed by atoms with Crippen LogP contribution in [0.25, 0.3) is 0 Å². The number of ether oxygens (including phenoxy) is 2. The summed E-state index contributed by atoms with van der Waals surface area (Å²) in [6, 6.07) is 5.35. The first-order valence-electron chi connectivity index (χ1n) is 8.93. The highest BCUT2D eigenvalue weighted by molar-refractivity contribution is 5.94. The molecule has 2 aliphatic rings. The van der Waals surface area contributed by atoms with Gasteiger partial charge in [0.2, 0.25) is 0 Å². The zero-order valence-corrected chi connectivity index (χ0v) is 13.6. The van der Waals surface area contributed by atoms with Crippen molar-refractivity contribution >= 4 is 5.97 Å². The summed E-state index contributed by atoms with van der Waals surface area (Å²) < 4.78 is 12.0.